The van der Waals surface area contributed by atoms with E-state index in [2.05, 4.69) is 25.8 Å². The average molecular weight is 451 g/mol. The molecule has 162 valence electrons. The van der Waals surface area contributed by atoms with Crippen LogP contribution in [0.3, 0.4) is 0 Å². The number of aromatic nitrogens is 3. The Hall–Kier alpha value is -3.92. The average Bonchev–Trinajstić information content (AvgIpc) is 3.42. The Balaban J connectivity index is 1.34. The van der Waals surface area contributed by atoms with Crippen molar-refractivity contribution in [2.45, 2.75) is 19.8 Å². The largest absolute Gasteiger partial charge is 0.339 e. The number of nitrogens with zero attached hydrogens (tertiary/aromatic N) is 3. The SMILES string of the molecule is CC(=O)Nc1ccc(-c2csc(NC(=O)CCc3nc(-c4ccccc4)no3)n2)c(F)c1. The van der Waals surface area contributed by atoms with Crippen LogP contribution < -0.4 is 10.6 Å². The van der Waals surface area contributed by atoms with E-state index < -0.39 is 5.82 Å². The molecule has 2 N–H and O–H groups in total. The number of benzene rings is 2. The van der Waals surface area contributed by atoms with Gasteiger partial charge in [0.2, 0.25) is 23.5 Å². The molecule has 32 heavy (non-hydrogen) atoms. The molecule has 0 radical (unpaired) electrons. The molecule has 0 saturated heterocycles. The van der Waals surface area contributed by atoms with Gasteiger partial charge in [-0.2, -0.15) is 4.98 Å². The summed E-state index contributed by atoms with van der Waals surface area (Å²) in [6.45, 7) is 1.35. The molecule has 0 bridgehead atoms. The number of thiazole rings is 1. The summed E-state index contributed by atoms with van der Waals surface area (Å²) in [5, 5.41) is 11.2. The van der Waals surface area contributed by atoms with E-state index >= 15 is 0 Å². The van der Waals surface area contributed by atoms with Gasteiger partial charge in [0.05, 0.1) is 5.69 Å². The summed E-state index contributed by atoms with van der Waals surface area (Å²) in [4.78, 5) is 31.9. The highest BCUT2D eigenvalue weighted by Gasteiger charge is 2.14. The second kappa shape index (κ2) is 9.48. The van der Waals surface area contributed by atoms with Crippen molar-refractivity contribution in [3.63, 3.8) is 0 Å². The van der Waals surface area contributed by atoms with Crippen molar-refractivity contribution < 1.29 is 18.5 Å². The van der Waals surface area contributed by atoms with Crippen molar-refractivity contribution in [3.05, 3.63) is 65.6 Å². The zero-order valence-corrected chi connectivity index (χ0v) is 17.8. The minimum Gasteiger partial charge on any atom is -0.339 e. The van der Waals surface area contributed by atoms with E-state index in [-0.39, 0.29) is 30.2 Å². The summed E-state index contributed by atoms with van der Waals surface area (Å²) in [6, 6.07) is 13.7. The zero-order chi connectivity index (χ0) is 22.5. The number of anilines is 2. The maximum atomic E-state index is 14.4. The molecule has 2 aromatic carbocycles. The van der Waals surface area contributed by atoms with Crippen LogP contribution in [-0.2, 0) is 16.0 Å². The molecule has 2 amide bonds. The third kappa shape index (κ3) is 5.22. The minimum atomic E-state index is -0.523. The van der Waals surface area contributed by atoms with Gasteiger partial charge in [-0.1, -0.05) is 35.5 Å². The Morgan fingerprint density at radius 2 is 1.91 bits per heavy atom. The first kappa shape index (κ1) is 21.3. The van der Waals surface area contributed by atoms with Crippen LogP contribution in [0.15, 0.2) is 58.4 Å². The van der Waals surface area contributed by atoms with Crippen molar-refractivity contribution in [2.75, 3.05) is 10.6 Å². The maximum absolute atomic E-state index is 14.4. The molecule has 2 heterocycles. The monoisotopic (exact) mass is 451 g/mol. The van der Waals surface area contributed by atoms with Crippen LogP contribution in [0.1, 0.15) is 19.2 Å². The van der Waals surface area contributed by atoms with Crippen LogP contribution in [-0.4, -0.2) is 26.9 Å². The molecular formula is C22H18FN5O3S. The molecule has 4 rings (SSSR count). The Morgan fingerprint density at radius 3 is 2.66 bits per heavy atom. The summed E-state index contributed by atoms with van der Waals surface area (Å²) in [5.74, 6) is -0.248. The summed E-state index contributed by atoms with van der Waals surface area (Å²) in [6.07, 6.45) is 0.411. The van der Waals surface area contributed by atoms with E-state index in [1.54, 1.807) is 11.4 Å². The summed E-state index contributed by atoms with van der Waals surface area (Å²) < 4.78 is 19.6. The summed E-state index contributed by atoms with van der Waals surface area (Å²) in [7, 11) is 0. The molecule has 8 nitrogen and oxygen atoms in total. The van der Waals surface area contributed by atoms with E-state index in [1.165, 1.54) is 30.4 Å². The topological polar surface area (TPSA) is 110 Å². The zero-order valence-electron chi connectivity index (χ0n) is 17.0. The lowest BCUT2D eigenvalue weighted by Crippen LogP contribution is -2.12. The first-order valence-electron chi connectivity index (χ1n) is 9.69. The third-order valence-corrected chi connectivity index (χ3v) is 5.14. The van der Waals surface area contributed by atoms with Crippen molar-refractivity contribution in [2.24, 2.45) is 0 Å². The fourth-order valence-electron chi connectivity index (χ4n) is 2.92. The first-order valence-corrected chi connectivity index (χ1v) is 10.6. The maximum Gasteiger partial charge on any atom is 0.227 e. The molecule has 10 heteroatoms. The van der Waals surface area contributed by atoms with E-state index in [9.17, 15) is 14.0 Å². The van der Waals surface area contributed by atoms with Gasteiger partial charge >= 0.3 is 0 Å². The van der Waals surface area contributed by atoms with Crippen LogP contribution in [0.2, 0.25) is 0 Å². The van der Waals surface area contributed by atoms with Gasteiger partial charge in [0.25, 0.3) is 0 Å². The standard InChI is InChI=1S/C22H18FN5O3S/c1-13(29)24-15-7-8-16(17(23)11-15)18-12-32-22(25-18)26-19(30)9-10-20-27-21(28-31-20)14-5-3-2-4-6-14/h2-8,11-12H,9-10H2,1H3,(H,24,29)(H,25,26,30). The van der Waals surface area contributed by atoms with Gasteiger partial charge in [-0.25, -0.2) is 9.37 Å². The van der Waals surface area contributed by atoms with Crippen LogP contribution in [0, 0.1) is 5.82 Å². The summed E-state index contributed by atoms with van der Waals surface area (Å²) in [5.41, 5.74) is 1.86. The number of aryl methyl sites for hydroxylation is 1. The number of carbonyl (C=O) groups is 2. The van der Waals surface area contributed by atoms with Crippen molar-refractivity contribution >= 4 is 34.0 Å². The lowest BCUT2D eigenvalue weighted by atomic mass is 10.1. The molecule has 0 aliphatic carbocycles. The second-order valence-corrected chi connectivity index (χ2v) is 7.70. The van der Waals surface area contributed by atoms with Crippen LogP contribution in [0.25, 0.3) is 22.6 Å². The molecule has 0 atom stereocenters. The second-order valence-electron chi connectivity index (χ2n) is 6.84. The number of amides is 2. The number of hydrogen-bond donors (Lipinski definition) is 2. The Kier molecular flexibility index (Phi) is 6.31. The number of rotatable bonds is 7. The minimum absolute atomic E-state index is 0.130. The van der Waals surface area contributed by atoms with Crippen LogP contribution in [0.4, 0.5) is 15.2 Å². The number of hydrogen-bond acceptors (Lipinski definition) is 7. The van der Waals surface area contributed by atoms with E-state index in [0.717, 1.165) is 5.56 Å². The Labute approximate surface area is 186 Å². The van der Waals surface area contributed by atoms with Crippen molar-refractivity contribution in [1.82, 2.24) is 15.1 Å². The fourth-order valence-corrected chi connectivity index (χ4v) is 3.65. The van der Waals surface area contributed by atoms with Gasteiger partial charge in [0, 0.05) is 42.0 Å². The highest BCUT2D eigenvalue weighted by atomic mass is 32.1. The van der Waals surface area contributed by atoms with Gasteiger partial charge in [-0.05, 0) is 18.2 Å². The molecule has 0 spiro atoms. The van der Waals surface area contributed by atoms with Crippen molar-refractivity contribution in [3.8, 4) is 22.6 Å². The van der Waals surface area contributed by atoms with Gasteiger partial charge in [0.1, 0.15) is 5.82 Å². The van der Waals surface area contributed by atoms with Gasteiger partial charge in [0.15, 0.2) is 5.13 Å². The Bertz CT molecular complexity index is 1260. The smallest absolute Gasteiger partial charge is 0.227 e. The summed E-state index contributed by atoms with van der Waals surface area (Å²) >= 11 is 1.19. The third-order valence-electron chi connectivity index (χ3n) is 4.38. The molecule has 0 unspecified atom stereocenters. The van der Waals surface area contributed by atoms with Gasteiger partial charge < -0.3 is 15.2 Å². The molecule has 0 saturated carbocycles. The molecule has 0 aliphatic rings. The highest BCUT2D eigenvalue weighted by molar-refractivity contribution is 7.14. The fraction of sp³-hybridized carbons (Fsp3) is 0.136. The highest BCUT2D eigenvalue weighted by Crippen LogP contribution is 2.28. The molecule has 4 aromatic rings. The van der Waals surface area contributed by atoms with Crippen LogP contribution >= 0.6 is 11.3 Å². The molecule has 0 aliphatic heterocycles. The molecule has 2 aromatic heterocycles. The number of nitrogens with one attached hydrogen (secondary N) is 2. The lowest BCUT2D eigenvalue weighted by Gasteiger charge is -2.05. The number of halogens is 1. The number of carbonyl (C=O) groups excluding carboxylic acids is 2. The van der Waals surface area contributed by atoms with E-state index in [0.29, 0.717) is 28.2 Å². The Morgan fingerprint density at radius 1 is 1.09 bits per heavy atom. The lowest BCUT2D eigenvalue weighted by molar-refractivity contribution is -0.116. The predicted molar refractivity (Wildman–Crippen MR) is 118 cm³/mol. The molecular weight excluding hydrogens is 433 g/mol. The van der Waals surface area contributed by atoms with E-state index in [1.807, 2.05) is 30.3 Å². The van der Waals surface area contributed by atoms with E-state index in [4.69, 9.17) is 4.52 Å². The quantitative estimate of drug-likeness (QED) is 0.427. The molecule has 0 fully saturated rings. The predicted octanol–water partition coefficient (Wildman–Crippen LogP) is 4.53. The normalized spacial score (nSPS) is 10.7. The first-order chi connectivity index (χ1) is 15.5. The van der Waals surface area contributed by atoms with Gasteiger partial charge in [-0.3, -0.25) is 9.59 Å². The van der Waals surface area contributed by atoms with Crippen molar-refractivity contribution in [1.29, 1.82) is 0 Å². The van der Waals surface area contributed by atoms with Crippen LogP contribution in [0.5, 0.6) is 0 Å². The van der Waals surface area contributed by atoms with Gasteiger partial charge in [-0.15, -0.1) is 11.3 Å².